The molecule has 5 nitrogen and oxygen atoms in total. The van der Waals surface area contributed by atoms with Gasteiger partial charge in [-0.1, -0.05) is 0 Å². The average Bonchev–Trinajstić information content (AvgIpc) is 2.99. The monoisotopic (exact) mass is 233 g/mol. The summed E-state index contributed by atoms with van der Waals surface area (Å²) in [7, 11) is 1.54. The maximum Gasteiger partial charge on any atom is 0.307 e. The van der Waals surface area contributed by atoms with Crippen LogP contribution in [0.5, 0.6) is 5.75 Å². The number of fused-ring (bicyclic) bond motifs is 2. The van der Waals surface area contributed by atoms with Crippen molar-refractivity contribution in [3.05, 3.63) is 23.8 Å². The summed E-state index contributed by atoms with van der Waals surface area (Å²) in [5.74, 6) is -1.12. The van der Waals surface area contributed by atoms with Gasteiger partial charge >= 0.3 is 5.97 Å². The summed E-state index contributed by atoms with van der Waals surface area (Å²) in [4.78, 5) is 22.9. The minimum absolute atomic E-state index is 0.215. The van der Waals surface area contributed by atoms with Gasteiger partial charge < -0.3 is 15.2 Å². The van der Waals surface area contributed by atoms with Gasteiger partial charge in [-0.05, 0) is 30.2 Å². The predicted molar refractivity (Wildman–Crippen MR) is 59.0 cm³/mol. The average molecular weight is 233 g/mol. The van der Waals surface area contributed by atoms with Crippen LogP contribution in [0, 0.1) is 5.92 Å². The molecular formula is C12H11NO4. The third-order valence-corrected chi connectivity index (χ3v) is 3.62. The molecule has 1 aliphatic heterocycles. The summed E-state index contributed by atoms with van der Waals surface area (Å²) in [6, 6.07) is 5.24. The van der Waals surface area contributed by atoms with Crippen molar-refractivity contribution < 1.29 is 19.4 Å². The van der Waals surface area contributed by atoms with E-state index in [1.807, 2.05) is 0 Å². The first-order valence-corrected chi connectivity index (χ1v) is 5.32. The molecule has 2 N–H and O–H groups in total. The van der Waals surface area contributed by atoms with Crippen LogP contribution in [0.4, 0.5) is 5.69 Å². The molecule has 0 saturated heterocycles. The normalized spacial score (nSPS) is 28.8. The molecule has 0 bridgehead atoms. The molecule has 88 valence electrons. The van der Waals surface area contributed by atoms with Gasteiger partial charge in [-0.3, -0.25) is 9.59 Å². The van der Waals surface area contributed by atoms with Crippen LogP contribution in [0.3, 0.4) is 0 Å². The van der Waals surface area contributed by atoms with Crippen molar-refractivity contribution in [2.45, 2.75) is 11.8 Å². The number of carbonyl (C=O) groups excluding carboxylic acids is 1. The maximum atomic E-state index is 11.9. The highest BCUT2D eigenvalue weighted by molar-refractivity contribution is 6.12. The molecule has 5 heteroatoms. The molecule has 0 radical (unpaired) electrons. The Bertz CT molecular complexity index is 539. The van der Waals surface area contributed by atoms with Gasteiger partial charge in [0.15, 0.2) is 0 Å². The van der Waals surface area contributed by atoms with Gasteiger partial charge in [0.05, 0.1) is 18.4 Å². The Morgan fingerprint density at radius 1 is 1.59 bits per heavy atom. The Balaban J connectivity index is 2.11. The minimum Gasteiger partial charge on any atom is -0.497 e. The molecule has 1 amide bonds. The smallest absolute Gasteiger partial charge is 0.307 e. The van der Waals surface area contributed by atoms with E-state index < -0.39 is 17.3 Å². The molecule has 17 heavy (non-hydrogen) atoms. The van der Waals surface area contributed by atoms with Gasteiger partial charge in [-0.2, -0.15) is 0 Å². The molecule has 2 unspecified atom stereocenters. The topological polar surface area (TPSA) is 75.6 Å². The van der Waals surface area contributed by atoms with Crippen molar-refractivity contribution in [1.29, 1.82) is 0 Å². The van der Waals surface area contributed by atoms with Gasteiger partial charge in [-0.25, -0.2) is 0 Å². The van der Waals surface area contributed by atoms with E-state index in [0.29, 0.717) is 17.9 Å². The highest BCUT2D eigenvalue weighted by Crippen LogP contribution is 2.60. The lowest BCUT2D eigenvalue weighted by Crippen LogP contribution is -2.24. The van der Waals surface area contributed by atoms with E-state index in [-0.39, 0.29) is 5.91 Å². The summed E-state index contributed by atoms with van der Waals surface area (Å²) >= 11 is 0. The number of ether oxygens (including phenoxy) is 1. The van der Waals surface area contributed by atoms with E-state index >= 15 is 0 Å². The second kappa shape index (κ2) is 3.00. The first-order chi connectivity index (χ1) is 8.09. The fourth-order valence-electron chi connectivity index (χ4n) is 2.59. The lowest BCUT2D eigenvalue weighted by molar-refractivity contribution is -0.140. The Morgan fingerprint density at radius 2 is 2.35 bits per heavy atom. The zero-order chi connectivity index (χ0) is 12.2. The molecule has 2 atom stereocenters. The van der Waals surface area contributed by atoms with Gasteiger partial charge in [0.2, 0.25) is 5.91 Å². The lowest BCUT2D eigenvalue weighted by Gasteiger charge is -2.07. The highest BCUT2D eigenvalue weighted by Gasteiger charge is 2.68. The molecule has 1 aromatic carbocycles. The van der Waals surface area contributed by atoms with Crippen LogP contribution in [0.2, 0.25) is 0 Å². The van der Waals surface area contributed by atoms with E-state index in [2.05, 4.69) is 5.32 Å². The molecule has 0 aromatic heterocycles. The van der Waals surface area contributed by atoms with E-state index in [1.165, 1.54) is 0 Å². The summed E-state index contributed by atoms with van der Waals surface area (Å²) in [6.45, 7) is 0. The number of anilines is 1. The molecule has 2 aliphatic rings. The SMILES string of the molecule is COc1ccc2c(c1)C1(CC1C(=O)O)C(=O)N2. The molecule has 1 aromatic rings. The summed E-state index contributed by atoms with van der Waals surface area (Å²) < 4.78 is 5.11. The zero-order valence-corrected chi connectivity index (χ0v) is 9.19. The number of carboxylic acids is 1. The van der Waals surface area contributed by atoms with Crippen molar-refractivity contribution in [3.8, 4) is 5.75 Å². The van der Waals surface area contributed by atoms with Crippen LogP contribution in [0.1, 0.15) is 12.0 Å². The third kappa shape index (κ3) is 1.13. The van der Waals surface area contributed by atoms with Crippen molar-refractivity contribution in [1.82, 2.24) is 0 Å². The van der Waals surface area contributed by atoms with E-state index in [1.54, 1.807) is 25.3 Å². The second-order valence-corrected chi connectivity index (χ2v) is 4.43. The Kier molecular flexibility index (Phi) is 1.79. The molecule has 3 rings (SSSR count). The highest BCUT2D eigenvalue weighted by atomic mass is 16.5. The number of benzene rings is 1. The van der Waals surface area contributed by atoms with Gasteiger partial charge in [0.1, 0.15) is 5.75 Å². The molecule has 1 spiro atoms. The summed E-state index contributed by atoms with van der Waals surface area (Å²) in [5, 5.41) is 11.8. The zero-order valence-electron chi connectivity index (χ0n) is 9.19. The molecular weight excluding hydrogens is 222 g/mol. The van der Waals surface area contributed by atoms with Crippen LogP contribution in [-0.4, -0.2) is 24.1 Å². The molecule has 1 aliphatic carbocycles. The van der Waals surface area contributed by atoms with Gasteiger partial charge in [-0.15, -0.1) is 0 Å². The lowest BCUT2D eigenvalue weighted by atomic mass is 9.94. The summed E-state index contributed by atoms with van der Waals surface area (Å²) in [5.41, 5.74) is 0.573. The number of amides is 1. The van der Waals surface area contributed by atoms with Crippen LogP contribution in [0.25, 0.3) is 0 Å². The first-order valence-electron chi connectivity index (χ1n) is 5.32. The van der Waals surface area contributed by atoms with Crippen molar-refractivity contribution in [2.75, 3.05) is 12.4 Å². The number of carboxylic acid groups (broad SMARTS) is 1. The van der Waals surface area contributed by atoms with Crippen LogP contribution >= 0.6 is 0 Å². The van der Waals surface area contributed by atoms with Gasteiger partial charge in [0.25, 0.3) is 0 Å². The predicted octanol–water partition coefficient (Wildman–Crippen LogP) is 0.990. The van der Waals surface area contributed by atoms with Crippen LogP contribution in [-0.2, 0) is 15.0 Å². The van der Waals surface area contributed by atoms with E-state index in [9.17, 15) is 9.59 Å². The fourth-order valence-corrected chi connectivity index (χ4v) is 2.59. The quantitative estimate of drug-likeness (QED) is 0.798. The first kappa shape index (κ1) is 10.1. The number of hydrogen-bond donors (Lipinski definition) is 2. The number of aliphatic carboxylic acids is 1. The van der Waals surface area contributed by atoms with E-state index in [4.69, 9.17) is 9.84 Å². The summed E-state index contributed by atoms with van der Waals surface area (Å²) in [6.07, 6.45) is 0.369. The van der Waals surface area contributed by atoms with E-state index in [0.717, 1.165) is 5.56 Å². The van der Waals surface area contributed by atoms with Crippen molar-refractivity contribution in [3.63, 3.8) is 0 Å². The Hall–Kier alpha value is -2.04. The molecule has 1 saturated carbocycles. The minimum atomic E-state index is -0.921. The number of methoxy groups -OCH3 is 1. The number of nitrogens with one attached hydrogen (secondary N) is 1. The van der Waals surface area contributed by atoms with Crippen molar-refractivity contribution >= 4 is 17.6 Å². The maximum absolute atomic E-state index is 11.9. The largest absolute Gasteiger partial charge is 0.497 e. The number of carbonyl (C=O) groups is 2. The molecule has 1 heterocycles. The number of rotatable bonds is 2. The second-order valence-electron chi connectivity index (χ2n) is 4.43. The van der Waals surface area contributed by atoms with Crippen LogP contribution < -0.4 is 10.1 Å². The fraction of sp³-hybridized carbons (Fsp3) is 0.333. The van der Waals surface area contributed by atoms with Crippen LogP contribution in [0.15, 0.2) is 18.2 Å². The Labute approximate surface area is 97.4 Å². The third-order valence-electron chi connectivity index (χ3n) is 3.62. The van der Waals surface area contributed by atoms with Gasteiger partial charge in [0, 0.05) is 5.69 Å². The Morgan fingerprint density at radius 3 is 2.94 bits per heavy atom. The van der Waals surface area contributed by atoms with Crippen molar-refractivity contribution in [2.24, 2.45) is 5.92 Å². The standard InChI is InChI=1S/C12H11NO4/c1-17-6-2-3-9-7(4-6)12(11(16)13-9)5-8(12)10(14)15/h2-4,8H,5H2,1H3,(H,13,16)(H,14,15). The number of hydrogen-bond acceptors (Lipinski definition) is 3. The molecule has 1 fully saturated rings.